The third-order valence-corrected chi connectivity index (χ3v) is 6.13. The molecule has 3 atom stereocenters. The number of hydrogen-bond acceptors (Lipinski definition) is 4. The number of aliphatic hydroxyl groups excluding tert-OH is 1. The molecule has 3 unspecified atom stereocenters. The second kappa shape index (κ2) is 8.90. The van der Waals surface area contributed by atoms with E-state index in [0.29, 0.717) is 10.6 Å². The number of ether oxygens (including phenoxy) is 1. The minimum Gasteiger partial charge on any atom is -0.389 e. The number of benzene rings is 3. The lowest BCUT2D eigenvalue weighted by Crippen LogP contribution is -2.42. The van der Waals surface area contributed by atoms with Gasteiger partial charge in [-0.15, -0.1) is 0 Å². The molecule has 0 spiro atoms. The summed E-state index contributed by atoms with van der Waals surface area (Å²) >= 11 is 5.91. The summed E-state index contributed by atoms with van der Waals surface area (Å²) in [6.07, 6.45) is -1.29. The van der Waals surface area contributed by atoms with Gasteiger partial charge in [-0.25, -0.2) is 4.79 Å². The zero-order valence-corrected chi connectivity index (χ0v) is 18.7. The van der Waals surface area contributed by atoms with Crippen LogP contribution in [-0.4, -0.2) is 41.2 Å². The molecule has 0 radical (unpaired) electrons. The number of halogens is 1. The van der Waals surface area contributed by atoms with Crippen LogP contribution in [0.5, 0.6) is 0 Å². The van der Waals surface area contributed by atoms with Gasteiger partial charge in [0.1, 0.15) is 5.54 Å². The van der Waals surface area contributed by atoms with Crippen LogP contribution in [0.3, 0.4) is 0 Å². The quantitative estimate of drug-likeness (QED) is 0.521. The number of carbonyl (C=O) groups excluding carboxylic acids is 2. The van der Waals surface area contributed by atoms with Crippen molar-refractivity contribution in [3.63, 3.8) is 0 Å². The summed E-state index contributed by atoms with van der Waals surface area (Å²) in [7, 11) is 0. The molecular formula is C25H25ClN2O4. The summed E-state index contributed by atoms with van der Waals surface area (Å²) in [5.74, 6) is -0.400. The Kier molecular flexibility index (Phi) is 6.20. The van der Waals surface area contributed by atoms with E-state index in [1.165, 1.54) is 0 Å². The highest BCUT2D eigenvalue weighted by atomic mass is 35.5. The van der Waals surface area contributed by atoms with E-state index in [1.54, 1.807) is 19.1 Å². The van der Waals surface area contributed by atoms with Crippen molar-refractivity contribution in [2.45, 2.75) is 31.6 Å². The van der Waals surface area contributed by atoms with Gasteiger partial charge in [-0.3, -0.25) is 9.69 Å². The van der Waals surface area contributed by atoms with Crippen molar-refractivity contribution in [3.05, 3.63) is 82.9 Å². The van der Waals surface area contributed by atoms with E-state index in [4.69, 9.17) is 16.3 Å². The second-order valence-corrected chi connectivity index (χ2v) is 8.65. The first-order valence-corrected chi connectivity index (χ1v) is 10.8. The van der Waals surface area contributed by atoms with E-state index in [0.717, 1.165) is 21.2 Å². The fraction of sp³-hybridized carbons (Fsp3) is 0.280. The van der Waals surface area contributed by atoms with Crippen molar-refractivity contribution in [1.82, 2.24) is 10.2 Å². The maximum absolute atomic E-state index is 13.2. The lowest BCUT2D eigenvalue weighted by Gasteiger charge is -2.24. The van der Waals surface area contributed by atoms with Crippen LogP contribution < -0.4 is 5.32 Å². The number of amides is 3. The fourth-order valence-electron chi connectivity index (χ4n) is 3.91. The summed E-state index contributed by atoms with van der Waals surface area (Å²) in [5, 5.41) is 15.9. The molecule has 4 rings (SSSR count). The van der Waals surface area contributed by atoms with Gasteiger partial charge in [0.2, 0.25) is 0 Å². The topological polar surface area (TPSA) is 78.9 Å². The summed E-state index contributed by atoms with van der Waals surface area (Å²) in [5.41, 5.74) is 0.415. The van der Waals surface area contributed by atoms with Crippen molar-refractivity contribution in [2.24, 2.45) is 0 Å². The molecule has 0 saturated carbocycles. The lowest BCUT2D eigenvalue weighted by molar-refractivity contribution is -0.132. The number of rotatable bonds is 7. The largest absolute Gasteiger partial charge is 0.389 e. The highest BCUT2D eigenvalue weighted by Gasteiger charge is 2.49. The van der Waals surface area contributed by atoms with Crippen molar-refractivity contribution in [1.29, 1.82) is 0 Å². The molecular weight excluding hydrogens is 428 g/mol. The molecule has 1 heterocycles. The molecule has 0 aromatic heterocycles. The number of imide groups is 1. The predicted molar refractivity (Wildman–Crippen MR) is 123 cm³/mol. The SMILES string of the molecule is CC(OCC(O)CN1C(=O)NC(C)(c2ccc3ccccc3c2)C1=O)c1ccc(Cl)cc1. The number of aliphatic hydroxyl groups is 1. The predicted octanol–water partition coefficient (Wildman–Crippen LogP) is 4.40. The molecule has 1 aliphatic heterocycles. The molecule has 32 heavy (non-hydrogen) atoms. The average molecular weight is 453 g/mol. The summed E-state index contributed by atoms with van der Waals surface area (Å²) in [6.45, 7) is 3.37. The van der Waals surface area contributed by atoms with Crippen molar-refractivity contribution < 1.29 is 19.4 Å². The van der Waals surface area contributed by atoms with E-state index in [1.807, 2.05) is 61.5 Å². The van der Waals surface area contributed by atoms with Crippen LogP contribution >= 0.6 is 11.6 Å². The van der Waals surface area contributed by atoms with Gasteiger partial charge < -0.3 is 15.2 Å². The molecule has 1 fully saturated rings. The van der Waals surface area contributed by atoms with Crippen LogP contribution in [0.4, 0.5) is 4.79 Å². The van der Waals surface area contributed by atoms with Crippen LogP contribution in [0.1, 0.15) is 31.1 Å². The first-order chi connectivity index (χ1) is 15.3. The maximum atomic E-state index is 13.2. The number of urea groups is 1. The van der Waals surface area contributed by atoms with E-state index in [-0.39, 0.29) is 19.3 Å². The highest BCUT2D eigenvalue weighted by molar-refractivity contribution is 6.30. The summed E-state index contributed by atoms with van der Waals surface area (Å²) < 4.78 is 5.73. The van der Waals surface area contributed by atoms with Gasteiger partial charge in [0.05, 0.1) is 25.4 Å². The monoisotopic (exact) mass is 452 g/mol. The maximum Gasteiger partial charge on any atom is 0.325 e. The molecule has 3 aromatic rings. The van der Waals surface area contributed by atoms with Crippen LogP contribution in [-0.2, 0) is 15.1 Å². The summed E-state index contributed by atoms with van der Waals surface area (Å²) in [6, 6.07) is 20.2. The highest BCUT2D eigenvalue weighted by Crippen LogP contribution is 2.31. The second-order valence-electron chi connectivity index (χ2n) is 8.21. The number of carbonyl (C=O) groups is 2. The van der Waals surface area contributed by atoms with Crippen LogP contribution in [0.25, 0.3) is 10.8 Å². The van der Waals surface area contributed by atoms with Crippen LogP contribution in [0.15, 0.2) is 66.7 Å². The zero-order chi connectivity index (χ0) is 22.9. The third-order valence-electron chi connectivity index (χ3n) is 5.87. The fourth-order valence-corrected chi connectivity index (χ4v) is 4.03. The number of β-amino-alcohol motifs (C(OH)–C–C–N with tert-alkyl or cyclic N) is 1. The van der Waals surface area contributed by atoms with Gasteiger partial charge in [0, 0.05) is 5.02 Å². The minimum absolute atomic E-state index is 0.0203. The molecule has 1 saturated heterocycles. The molecule has 6 nitrogen and oxygen atoms in total. The van der Waals surface area contributed by atoms with Crippen molar-refractivity contribution in [3.8, 4) is 0 Å². The van der Waals surface area contributed by atoms with Crippen LogP contribution in [0, 0.1) is 0 Å². The third kappa shape index (κ3) is 4.35. The molecule has 7 heteroatoms. The van der Waals surface area contributed by atoms with Gasteiger partial charge in [0.15, 0.2) is 0 Å². The number of hydrogen-bond donors (Lipinski definition) is 2. The van der Waals surface area contributed by atoms with Gasteiger partial charge in [-0.1, -0.05) is 60.1 Å². The Balaban J connectivity index is 1.42. The van der Waals surface area contributed by atoms with E-state index < -0.39 is 23.6 Å². The Morgan fingerprint density at radius 2 is 1.75 bits per heavy atom. The number of nitrogens with one attached hydrogen (secondary N) is 1. The Morgan fingerprint density at radius 3 is 2.47 bits per heavy atom. The van der Waals surface area contributed by atoms with Crippen LogP contribution in [0.2, 0.25) is 5.02 Å². The lowest BCUT2D eigenvalue weighted by atomic mass is 9.90. The van der Waals surface area contributed by atoms with Gasteiger partial charge in [-0.05, 0) is 53.9 Å². The minimum atomic E-state index is -1.20. The van der Waals surface area contributed by atoms with Crippen molar-refractivity contribution >= 4 is 34.3 Å². The van der Waals surface area contributed by atoms with E-state index in [9.17, 15) is 14.7 Å². The zero-order valence-electron chi connectivity index (χ0n) is 17.9. The van der Waals surface area contributed by atoms with Gasteiger partial charge >= 0.3 is 6.03 Å². The van der Waals surface area contributed by atoms with Gasteiger partial charge in [-0.2, -0.15) is 0 Å². The molecule has 166 valence electrons. The molecule has 3 aromatic carbocycles. The molecule has 2 N–H and O–H groups in total. The molecule has 3 amide bonds. The molecule has 1 aliphatic rings. The Hall–Kier alpha value is -2.93. The van der Waals surface area contributed by atoms with Gasteiger partial charge in [0.25, 0.3) is 5.91 Å². The van der Waals surface area contributed by atoms with Crippen molar-refractivity contribution in [2.75, 3.05) is 13.2 Å². The molecule has 0 bridgehead atoms. The average Bonchev–Trinajstić information content (AvgIpc) is 3.01. The number of nitrogens with zero attached hydrogens (tertiary/aromatic N) is 1. The Morgan fingerprint density at radius 1 is 1.06 bits per heavy atom. The number of fused-ring (bicyclic) bond motifs is 1. The van der Waals surface area contributed by atoms with E-state index >= 15 is 0 Å². The Bertz CT molecular complexity index is 1150. The normalized spacial score (nSPS) is 20.4. The Labute approximate surface area is 191 Å². The smallest absolute Gasteiger partial charge is 0.325 e. The standard InChI is InChI=1S/C25H25ClN2O4/c1-16(17-8-11-21(26)12-9-17)32-15-22(29)14-28-23(30)25(2,27-24(28)31)20-10-7-18-5-3-4-6-19(18)13-20/h3-13,16,22,29H,14-15H2,1-2H3,(H,27,31). The molecule has 0 aliphatic carbocycles. The first-order valence-electron chi connectivity index (χ1n) is 10.5. The van der Waals surface area contributed by atoms with E-state index in [2.05, 4.69) is 5.32 Å². The summed E-state index contributed by atoms with van der Waals surface area (Å²) in [4.78, 5) is 26.8. The first kappa shape index (κ1) is 22.3.